The first-order valence-electron chi connectivity index (χ1n) is 6.62. The van der Waals surface area contributed by atoms with Gasteiger partial charge in [-0.1, -0.05) is 26.3 Å². The molecular formula is C15H24FNO. The number of nitrogens with one attached hydrogen (secondary N) is 1. The number of rotatable bonds is 7. The number of hydrogen-bond acceptors (Lipinski definition) is 2. The topological polar surface area (TPSA) is 21.3 Å². The van der Waals surface area contributed by atoms with Gasteiger partial charge in [0.25, 0.3) is 0 Å². The molecule has 102 valence electrons. The highest BCUT2D eigenvalue weighted by Crippen LogP contribution is 2.18. The Hall–Kier alpha value is -1.09. The van der Waals surface area contributed by atoms with Crippen molar-refractivity contribution in [2.24, 2.45) is 5.92 Å². The molecule has 18 heavy (non-hydrogen) atoms. The van der Waals surface area contributed by atoms with Crippen LogP contribution in [-0.2, 0) is 6.54 Å². The van der Waals surface area contributed by atoms with Gasteiger partial charge in [0.1, 0.15) is 0 Å². The fraction of sp³-hybridized carbons (Fsp3) is 0.600. The van der Waals surface area contributed by atoms with E-state index in [1.807, 2.05) is 6.07 Å². The highest BCUT2D eigenvalue weighted by atomic mass is 19.1. The molecule has 0 fully saturated rings. The quantitative estimate of drug-likeness (QED) is 0.799. The number of hydrogen-bond donors (Lipinski definition) is 1. The minimum Gasteiger partial charge on any atom is -0.494 e. The van der Waals surface area contributed by atoms with Gasteiger partial charge in [0, 0.05) is 12.6 Å². The Morgan fingerprint density at radius 1 is 1.33 bits per heavy atom. The molecule has 0 aliphatic heterocycles. The Bertz CT molecular complexity index is 368. The third-order valence-electron chi connectivity index (χ3n) is 3.32. The summed E-state index contributed by atoms with van der Waals surface area (Å²) in [5.74, 6) is 0.720. The third kappa shape index (κ3) is 4.65. The van der Waals surface area contributed by atoms with Crippen molar-refractivity contribution in [3.8, 4) is 5.75 Å². The van der Waals surface area contributed by atoms with Gasteiger partial charge >= 0.3 is 0 Å². The van der Waals surface area contributed by atoms with Crippen molar-refractivity contribution in [2.75, 3.05) is 7.11 Å². The second-order valence-electron chi connectivity index (χ2n) is 5.00. The summed E-state index contributed by atoms with van der Waals surface area (Å²) in [6, 6.07) is 5.54. The Kier molecular flexibility index (Phi) is 6.13. The fourth-order valence-corrected chi connectivity index (χ4v) is 1.97. The van der Waals surface area contributed by atoms with Crippen LogP contribution in [0.15, 0.2) is 18.2 Å². The molecule has 0 spiro atoms. The Morgan fingerprint density at radius 2 is 2.06 bits per heavy atom. The second kappa shape index (κ2) is 7.37. The number of halogens is 1. The van der Waals surface area contributed by atoms with E-state index in [0.29, 0.717) is 18.3 Å². The van der Waals surface area contributed by atoms with Crippen molar-refractivity contribution in [1.82, 2.24) is 5.32 Å². The summed E-state index contributed by atoms with van der Waals surface area (Å²) in [5, 5.41) is 3.42. The molecule has 3 heteroatoms. The first kappa shape index (κ1) is 15.0. The smallest absolute Gasteiger partial charge is 0.165 e. The highest BCUT2D eigenvalue weighted by molar-refractivity contribution is 5.29. The normalized spacial score (nSPS) is 14.3. The number of ether oxygens (including phenoxy) is 1. The largest absolute Gasteiger partial charge is 0.494 e. The maximum absolute atomic E-state index is 13.5. The molecule has 0 aromatic heterocycles. The predicted octanol–water partition coefficient (Wildman–Crippen LogP) is 3.75. The molecule has 1 rings (SSSR count). The average Bonchev–Trinajstić information content (AvgIpc) is 2.36. The van der Waals surface area contributed by atoms with Crippen LogP contribution in [0.1, 0.15) is 39.2 Å². The van der Waals surface area contributed by atoms with Gasteiger partial charge in [-0.2, -0.15) is 0 Å². The number of methoxy groups -OCH3 is 1. The molecule has 2 atom stereocenters. The zero-order chi connectivity index (χ0) is 13.5. The van der Waals surface area contributed by atoms with Gasteiger partial charge in [0.05, 0.1) is 7.11 Å². The van der Waals surface area contributed by atoms with Crippen LogP contribution in [0.3, 0.4) is 0 Å². The molecule has 2 unspecified atom stereocenters. The van der Waals surface area contributed by atoms with Gasteiger partial charge in [-0.3, -0.25) is 0 Å². The molecular weight excluding hydrogens is 229 g/mol. The average molecular weight is 253 g/mol. The molecule has 1 aromatic carbocycles. The van der Waals surface area contributed by atoms with E-state index in [1.165, 1.54) is 19.6 Å². The minimum atomic E-state index is -0.300. The molecule has 0 saturated heterocycles. The van der Waals surface area contributed by atoms with E-state index in [1.54, 1.807) is 6.07 Å². The van der Waals surface area contributed by atoms with Crippen molar-refractivity contribution < 1.29 is 9.13 Å². The van der Waals surface area contributed by atoms with Gasteiger partial charge in [-0.15, -0.1) is 0 Å². The van der Waals surface area contributed by atoms with E-state index in [9.17, 15) is 4.39 Å². The van der Waals surface area contributed by atoms with Crippen LogP contribution < -0.4 is 10.1 Å². The minimum absolute atomic E-state index is 0.298. The van der Waals surface area contributed by atoms with E-state index in [2.05, 4.69) is 26.1 Å². The molecule has 0 aliphatic carbocycles. The van der Waals surface area contributed by atoms with E-state index < -0.39 is 0 Å². The van der Waals surface area contributed by atoms with Gasteiger partial charge in [-0.05, 0) is 37.0 Å². The SMILES string of the molecule is CCC(C)CC(C)NCc1ccc(OC)c(F)c1. The molecule has 0 aliphatic rings. The molecule has 0 bridgehead atoms. The summed E-state index contributed by atoms with van der Waals surface area (Å²) in [6.45, 7) is 7.33. The first-order valence-corrected chi connectivity index (χ1v) is 6.62. The molecule has 0 amide bonds. The van der Waals surface area contributed by atoms with Crippen LogP contribution in [0.25, 0.3) is 0 Å². The van der Waals surface area contributed by atoms with E-state index >= 15 is 0 Å². The summed E-state index contributed by atoms with van der Waals surface area (Å²) in [4.78, 5) is 0. The number of benzene rings is 1. The maximum atomic E-state index is 13.5. The van der Waals surface area contributed by atoms with Crippen molar-refractivity contribution in [2.45, 2.75) is 46.2 Å². The lowest BCUT2D eigenvalue weighted by molar-refractivity contribution is 0.385. The lowest BCUT2D eigenvalue weighted by atomic mass is 10.0. The van der Waals surface area contributed by atoms with Gasteiger partial charge in [0.2, 0.25) is 0 Å². The molecule has 1 aromatic rings. The third-order valence-corrected chi connectivity index (χ3v) is 3.32. The highest BCUT2D eigenvalue weighted by Gasteiger charge is 2.08. The molecule has 2 nitrogen and oxygen atoms in total. The van der Waals surface area contributed by atoms with E-state index in [4.69, 9.17) is 4.74 Å². The van der Waals surface area contributed by atoms with E-state index in [0.717, 1.165) is 17.9 Å². The van der Waals surface area contributed by atoms with Crippen molar-refractivity contribution >= 4 is 0 Å². The lowest BCUT2D eigenvalue weighted by Gasteiger charge is -2.17. The summed E-state index contributed by atoms with van der Waals surface area (Å²) < 4.78 is 18.4. The molecule has 0 radical (unpaired) electrons. The van der Waals surface area contributed by atoms with Crippen LogP contribution >= 0.6 is 0 Å². The lowest BCUT2D eigenvalue weighted by Crippen LogP contribution is -2.27. The van der Waals surface area contributed by atoms with Crippen molar-refractivity contribution in [1.29, 1.82) is 0 Å². The Labute approximate surface area is 110 Å². The van der Waals surface area contributed by atoms with Crippen LogP contribution in [0, 0.1) is 11.7 Å². The first-order chi connectivity index (χ1) is 8.56. The van der Waals surface area contributed by atoms with Crippen LogP contribution in [0.5, 0.6) is 5.75 Å². The standard InChI is InChI=1S/C15H24FNO/c1-5-11(2)8-12(3)17-10-13-6-7-15(18-4)14(16)9-13/h6-7,9,11-12,17H,5,8,10H2,1-4H3. The second-order valence-corrected chi connectivity index (χ2v) is 5.00. The molecule has 0 heterocycles. The maximum Gasteiger partial charge on any atom is 0.165 e. The zero-order valence-corrected chi connectivity index (χ0v) is 11.8. The Morgan fingerprint density at radius 3 is 2.61 bits per heavy atom. The Balaban J connectivity index is 2.46. The van der Waals surface area contributed by atoms with Gasteiger partial charge in [-0.25, -0.2) is 4.39 Å². The van der Waals surface area contributed by atoms with E-state index in [-0.39, 0.29) is 5.82 Å². The van der Waals surface area contributed by atoms with Crippen LogP contribution in [-0.4, -0.2) is 13.2 Å². The van der Waals surface area contributed by atoms with Gasteiger partial charge in [0.15, 0.2) is 11.6 Å². The molecule has 1 N–H and O–H groups in total. The summed E-state index contributed by atoms with van der Waals surface area (Å²) >= 11 is 0. The fourth-order valence-electron chi connectivity index (χ4n) is 1.97. The van der Waals surface area contributed by atoms with Gasteiger partial charge < -0.3 is 10.1 Å². The zero-order valence-electron chi connectivity index (χ0n) is 11.8. The summed E-state index contributed by atoms with van der Waals surface area (Å²) in [5.41, 5.74) is 0.948. The van der Waals surface area contributed by atoms with Crippen LogP contribution in [0.4, 0.5) is 4.39 Å². The van der Waals surface area contributed by atoms with Crippen molar-refractivity contribution in [3.05, 3.63) is 29.6 Å². The van der Waals surface area contributed by atoms with Crippen molar-refractivity contribution in [3.63, 3.8) is 0 Å². The predicted molar refractivity (Wildman–Crippen MR) is 73.3 cm³/mol. The summed E-state index contributed by atoms with van der Waals surface area (Å²) in [6.07, 6.45) is 2.35. The monoisotopic (exact) mass is 253 g/mol. The molecule has 0 saturated carbocycles. The van der Waals surface area contributed by atoms with Crippen LogP contribution in [0.2, 0.25) is 0 Å². The summed E-state index contributed by atoms with van der Waals surface area (Å²) in [7, 11) is 1.48.